The zero-order valence-electron chi connectivity index (χ0n) is 33.1. The Kier molecular flexibility index (Phi) is 9.84. The summed E-state index contributed by atoms with van der Waals surface area (Å²) in [5.41, 5.74) is 8.25. The van der Waals surface area contributed by atoms with Gasteiger partial charge in [-0.2, -0.15) is 0 Å². The first-order chi connectivity index (χ1) is 26.9. The Bertz CT molecular complexity index is 2300. The lowest BCUT2D eigenvalue weighted by atomic mass is 9.89. The number of alkyl carbamates (subject to hydrolysis) is 1. The number of H-pyrrole nitrogens is 2. The van der Waals surface area contributed by atoms with Crippen LogP contribution in [0.25, 0.3) is 44.4 Å². The van der Waals surface area contributed by atoms with E-state index in [-0.39, 0.29) is 30.0 Å². The number of rotatable bonds is 7. The average Bonchev–Trinajstić information content (AvgIpc) is 4.01. The van der Waals surface area contributed by atoms with Crippen molar-refractivity contribution in [3.8, 4) is 33.6 Å². The number of benzene rings is 3. The van der Waals surface area contributed by atoms with Gasteiger partial charge in [-0.1, -0.05) is 56.3 Å². The molecule has 5 aromatic rings. The van der Waals surface area contributed by atoms with E-state index in [1.165, 1.54) is 23.8 Å². The monoisotopic (exact) mass is 757 g/mol. The lowest BCUT2D eigenvalue weighted by molar-refractivity contribution is -0.135. The molecule has 1 aliphatic carbocycles. The number of methoxy groups -OCH3 is 1. The fourth-order valence-corrected chi connectivity index (χ4v) is 8.50. The molecular weight excluding hydrogens is 707 g/mol. The van der Waals surface area contributed by atoms with E-state index in [1.807, 2.05) is 50.6 Å². The molecule has 56 heavy (non-hydrogen) atoms. The van der Waals surface area contributed by atoms with Gasteiger partial charge < -0.3 is 29.7 Å². The third kappa shape index (κ3) is 7.24. The second kappa shape index (κ2) is 14.8. The summed E-state index contributed by atoms with van der Waals surface area (Å²) in [7, 11) is 1.30. The van der Waals surface area contributed by atoms with E-state index >= 15 is 0 Å². The van der Waals surface area contributed by atoms with E-state index in [9.17, 15) is 14.4 Å². The molecule has 8 rings (SSSR count). The number of fused-ring (bicyclic) bond motifs is 4. The van der Waals surface area contributed by atoms with E-state index < -0.39 is 17.7 Å². The number of likely N-dealkylation sites (tertiary alicyclic amines) is 2. The molecule has 3 amide bonds. The lowest BCUT2D eigenvalue weighted by Crippen LogP contribution is -2.51. The van der Waals surface area contributed by atoms with E-state index in [1.54, 1.807) is 0 Å². The van der Waals surface area contributed by atoms with Crippen LogP contribution >= 0.6 is 0 Å². The molecule has 0 spiro atoms. The summed E-state index contributed by atoms with van der Waals surface area (Å²) in [4.78, 5) is 59.1. The average molecular weight is 758 g/mol. The van der Waals surface area contributed by atoms with Gasteiger partial charge in [0.2, 0.25) is 5.91 Å². The van der Waals surface area contributed by atoms with Crippen molar-refractivity contribution < 1.29 is 23.9 Å². The summed E-state index contributed by atoms with van der Waals surface area (Å²) in [6, 6.07) is 18.7. The number of ether oxygens (including phenoxy) is 2. The van der Waals surface area contributed by atoms with Gasteiger partial charge in [-0.25, -0.2) is 19.6 Å². The second-order valence-corrected chi connectivity index (χ2v) is 16.7. The van der Waals surface area contributed by atoms with E-state index in [0.717, 1.165) is 89.2 Å². The Morgan fingerprint density at radius 1 is 0.839 bits per heavy atom. The minimum Gasteiger partial charge on any atom is -0.453 e. The van der Waals surface area contributed by atoms with Crippen molar-refractivity contribution >= 4 is 28.9 Å². The van der Waals surface area contributed by atoms with Crippen molar-refractivity contribution in [1.82, 2.24) is 35.1 Å². The molecule has 12 nitrogen and oxygen atoms in total. The van der Waals surface area contributed by atoms with E-state index in [4.69, 9.17) is 19.4 Å². The maximum Gasteiger partial charge on any atom is 0.410 e. The number of hydrogen-bond donors (Lipinski definition) is 3. The number of nitrogens with zero attached hydrogens (tertiary/aromatic N) is 4. The number of carbonyl (C=O) groups is 3. The zero-order chi connectivity index (χ0) is 39.3. The number of amides is 3. The number of carbonyl (C=O) groups excluding carboxylic acids is 3. The van der Waals surface area contributed by atoms with Crippen molar-refractivity contribution in [2.75, 3.05) is 20.2 Å². The van der Waals surface area contributed by atoms with Crippen LogP contribution < -0.4 is 5.32 Å². The predicted molar refractivity (Wildman–Crippen MR) is 215 cm³/mol. The summed E-state index contributed by atoms with van der Waals surface area (Å²) in [6.45, 7) is 10.8. The van der Waals surface area contributed by atoms with Crippen LogP contribution in [0.2, 0.25) is 0 Å². The number of hydrogen-bond acceptors (Lipinski definition) is 7. The largest absolute Gasteiger partial charge is 0.453 e. The number of nitrogens with one attached hydrogen (secondary N) is 3. The molecule has 3 N–H and O–H groups in total. The van der Waals surface area contributed by atoms with Gasteiger partial charge in [0, 0.05) is 24.2 Å². The van der Waals surface area contributed by atoms with Crippen LogP contribution in [0, 0.1) is 5.92 Å². The Labute approximate surface area is 327 Å². The summed E-state index contributed by atoms with van der Waals surface area (Å²) < 4.78 is 10.5. The smallest absolute Gasteiger partial charge is 0.410 e. The van der Waals surface area contributed by atoms with E-state index in [0.29, 0.717) is 13.1 Å². The maximum absolute atomic E-state index is 13.6. The molecule has 2 saturated heterocycles. The normalized spacial score (nSPS) is 18.6. The summed E-state index contributed by atoms with van der Waals surface area (Å²) in [5.74, 6) is 1.37. The Balaban J connectivity index is 0.983. The fraction of sp³-hybridized carbons (Fsp3) is 0.432. The molecule has 292 valence electrons. The Hall–Kier alpha value is -5.65. The predicted octanol–water partition coefficient (Wildman–Crippen LogP) is 8.50. The Morgan fingerprint density at radius 2 is 1.50 bits per heavy atom. The fourth-order valence-electron chi connectivity index (χ4n) is 8.50. The number of aromatic amines is 2. The molecule has 0 saturated carbocycles. The summed E-state index contributed by atoms with van der Waals surface area (Å²) in [6.07, 6.45) is 6.13. The van der Waals surface area contributed by atoms with Gasteiger partial charge in [0.1, 0.15) is 23.3 Å². The third-order valence-corrected chi connectivity index (χ3v) is 11.3. The highest BCUT2D eigenvalue weighted by atomic mass is 16.6. The molecule has 12 heteroatoms. The van der Waals surface area contributed by atoms with Gasteiger partial charge in [0.25, 0.3) is 0 Å². The van der Waals surface area contributed by atoms with Crippen LogP contribution in [-0.4, -0.2) is 79.7 Å². The van der Waals surface area contributed by atoms with Crippen LogP contribution in [0.15, 0.2) is 60.8 Å². The van der Waals surface area contributed by atoms with Crippen LogP contribution in [0.4, 0.5) is 9.59 Å². The van der Waals surface area contributed by atoms with Gasteiger partial charge in [-0.15, -0.1) is 0 Å². The summed E-state index contributed by atoms with van der Waals surface area (Å²) >= 11 is 0. The van der Waals surface area contributed by atoms with Crippen LogP contribution in [-0.2, 0) is 27.1 Å². The molecule has 2 fully saturated rings. The molecule has 3 aromatic carbocycles. The van der Waals surface area contributed by atoms with Gasteiger partial charge in [0.15, 0.2) is 0 Å². The highest BCUT2D eigenvalue weighted by molar-refractivity contribution is 5.91. The molecule has 2 aromatic heterocycles. The maximum atomic E-state index is 13.6. The third-order valence-electron chi connectivity index (χ3n) is 11.3. The lowest BCUT2D eigenvalue weighted by Gasteiger charge is -2.30. The zero-order valence-corrected chi connectivity index (χ0v) is 33.1. The second-order valence-electron chi connectivity index (χ2n) is 16.7. The molecule has 2 aliphatic heterocycles. The number of imidazole rings is 2. The van der Waals surface area contributed by atoms with Gasteiger partial charge in [-0.05, 0) is 105 Å². The molecule has 3 atom stereocenters. The van der Waals surface area contributed by atoms with E-state index in [2.05, 4.69) is 69.9 Å². The molecule has 0 radical (unpaired) electrons. The first-order valence-corrected chi connectivity index (χ1v) is 19.8. The van der Waals surface area contributed by atoms with Crippen molar-refractivity contribution in [3.05, 3.63) is 83.7 Å². The summed E-state index contributed by atoms with van der Waals surface area (Å²) in [5, 5.41) is 4.97. The molecule has 4 heterocycles. The number of aryl methyl sites for hydroxylation is 2. The van der Waals surface area contributed by atoms with Crippen LogP contribution in [0.5, 0.6) is 0 Å². The van der Waals surface area contributed by atoms with Crippen LogP contribution in [0.1, 0.15) is 95.3 Å². The van der Waals surface area contributed by atoms with Crippen molar-refractivity contribution in [2.24, 2.45) is 5.92 Å². The van der Waals surface area contributed by atoms with Gasteiger partial charge in [-0.3, -0.25) is 9.69 Å². The molecular formula is C44H51N7O5. The minimum absolute atomic E-state index is 0.0953. The SMILES string of the molecule is COC(=O)NC(C(=O)N1CCCC1c1ncc(-c2ccc3cc(-c4ccc5c(c4)CCc4nc(C6CCCN6C(=O)OC(C)(C)C)[nH]c4-5)ccc3c2)[nH]1)C(C)C. The molecule has 3 aliphatic rings. The van der Waals surface area contributed by atoms with Crippen molar-refractivity contribution in [2.45, 2.75) is 96.9 Å². The topological polar surface area (TPSA) is 146 Å². The van der Waals surface area contributed by atoms with Gasteiger partial charge >= 0.3 is 12.2 Å². The van der Waals surface area contributed by atoms with Crippen LogP contribution in [0.3, 0.4) is 0 Å². The first kappa shape index (κ1) is 37.3. The quantitative estimate of drug-likeness (QED) is 0.151. The Morgan fingerprint density at radius 3 is 2.21 bits per heavy atom. The number of aromatic nitrogens is 4. The molecule has 0 bridgehead atoms. The molecule has 3 unspecified atom stereocenters. The highest BCUT2D eigenvalue weighted by Crippen LogP contribution is 2.39. The standard InChI is InChI=1S/C44H51N7O5/c1-25(2)37(49-42(53)55-6)41(52)50-19-7-9-35(50)39-45-24-34(47-39)31-14-13-27-21-26(11-12-28(27)23-31)29-15-17-32-30(22-29)16-18-33-38(32)48-40(46-33)36-10-8-20-51(36)43(54)56-44(3,4)5/h11-15,17,21-25,35-37H,7-10,16,18-20H2,1-6H3,(H,45,47)(H,46,48)(H,49,53). The minimum atomic E-state index is -0.678. The van der Waals surface area contributed by atoms with Crippen molar-refractivity contribution in [3.63, 3.8) is 0 Å². The first-order valence-electron chi connectivity index (χ1n) is 19.8. The van der Waals surface area contributed by atoms with Crippen molar-refractivity contribution in [1.29, 1.82) is 0 Å². The highest BCUT2D eigenvalue weighted by Gasteiger charge is 2.38. The van der Waals surface area contributed by atoms with Gasteiger partial charge in [0.05, 0.1) is 42.5 Å².